The Hall–Kier alpha value is -2.00. The first-order chi connectivity index (χ1) is 11.7. The van der Waals surface area contributed by atoms with Gasteiger partial charge in [0.2, 0.25) is 5.91 Å². The predicted molar refractivity (Wildman–Crippen MR) is 106 cm³/mol. The maximum atomic E-state index is 12.2. The molecule has 0 radical (unpaired) electrons. The number of carbonyl (C=O) groups is 1. The molecule has 1 amide bonds. The first-order valence-corrected chi connectivity index (χ1v) is 8.90. The van der Waals surface area contributed by atoms with E-state index in [1.165, 1.54) is 5.56 Å². The average Bonchev–Trinajstić information content (AvgIpc) is 2.62. The van der Waals surface area contributed by atoms with Crippen LogP contribution in [0.5, 0.6) is 0 Å². The Bertz CT molecular complexity index is 667. The maximum Gasteiger partial charge on any atom is 0.220 e. The second-order valence-corrected chi connectivity index (χ2v) is 6.73. The third-order valence-electron chi connectivity index (χ3n) is 5.04. The molecule has 1 saturated carbocycles. The minimum absolute atomic E-state index is 0. The van der Waals surface area contributed by atoms with Gasteiger partial charge in [0.25, 0.3) is 0 Å². The number of para-hydroxylation sites is 1. The Kier molecular flexibility index (Phi) is 7.32. The molecule has 2 aromatic rings. The fourth-order valence-electron chi connectivity index (χ4n) is 3.61. The van der Waals surface area contributed by atoms with Gasteiger partial charge in [0.05, 0.1) is 0 Å². The van der Waals surface area contributed by atoms with Gasteiger partial charge in [-0.25, -0.2) is 0 Å². The molecule has 3 nitrogen and oxygen atoms in total. The van der Waals surface area contributed by atoms with Crippen LogP contribution in [-0.4, -0.2) is 11.9 Å². The van der Waals surface area contributed by atoms with E-state index >= 15 is 0 Å². The molecule has 4 heteroatoms. The van der Waals surface area contributed by atoms with Gasteiger partial charge in [-0.05, 0) is 55.2 Å². The maximum absolute atomic E-state index is 12.2. The van der Waals surface area contributed by atoms with Crippen LogP contribution in [0.2, 0.25) is 0 Å². The Morgan fingerprint density at radius 2 is 1.60 bits per heavy atom. The van der Waals surface area contributed by atoms with Crippen molar-refractivity contribution in [1.82, 2.24) is 5.32 Å². The van der Waals surface area contributed by atoms with Crippen LogP contribution < -0.4 is 11.1 Å². The number of anilines is 1. The zero-order valence-electron chi connectivity index (χ0n) is 14.5. The zero-order chi connectivity index (χ0) is 16.8. The summed E-state index contributed by atoms with van der Waals surface area (Å²) in [6.45, 7) is 0. The van der Waals surface area contributed by atoms with E-state index in [-0.39, 0.29) is 18.3 Å². The number of amides is 1. The SMILES string of the molecule is Cl.Nc1ccccc1CCC(=O)NC1CCC(c2ccccc2)CC1. The van der Waals surface area contributed by atoms with Crippen molar-refractivity contribution in [2.75, 3.05) is 5.73 Å². The quantitative estimate of drug-likeness (QED) is 0.775. The third kappa shape index (κ3) is 5.50. The molecule has 0 aliphatic heterocycles. The summed E-state index contributed by atoms with van der Waals surface area (Å²) in [5.74, 6) is 0.782. The number of nitrogens with two attached hydrogens (primary N) is 1. The summed E-state index contributed by atoms with van der Waals surface area (Å²) < 4.78 is 0. The molecular weight excluding hydrogens is 332 g/mol. The largest absolute Gasteiger partial charge is 0.399 e. The van der Waals surface area contributed by atoms with Crippen LogP contribution in [-0.2, 0) is 11.2 Å². The highest BCUT2D eigenvalue weighted by molar-refractivity contribution is 5.85. The molecule has 3 rings (SSSR count). The number of benzene rings is 2. The van der Waals surface area contributed by atoms with Crippen molar-refractivity contribution in [3.8, 4) is 0 Å². The summed E-state index contributed by atoms with van der Waals surface area (Å²) in [7, 11) is 0. The molecule has 1 aliphatic carbocycles. The molecule has 25 heavy (non-hydrogen) atoms. The van der Waals surface area contributed by atoms with Crippen molar-refractivity contribution >= 4 is 24.0 Å². The Morgan fingerprint density at radius 1 is 0.960 bits per heavy atom. The van der Waals surface area contributed by atoms with Gasteiger partial charge in [0.15, 0.2) is 0 Å². The van der Waals surface area contributed by atoms with E-state index < -0.39 is 0 Å². The molecule has 0 heterocycles. The number of hydrogen-bond donors (Lipinski definition) is 2. The Balaban J connectivity index is 0.00000225. The highest BCUT2D eigenvalue weighted by Gasteiger charge is 2.23. The van der Waals surface area contributed by atoms with Crippen LogP contribution in [0.3, 0.4) is 0 Å². The molecule has 0 saturated heterocycles. The normalized spacial score (nSPS) is 19.7. The van der Waals surface area contributed by atoms with Gasteiger partial charge in [-0.1, -0.05) is 48.5 Å². The van der Waals surface area contributed by atoms with Gasteiger partial charge in [0.1, 0.15) is 0 Å². The first-order valence-electron chi connectivity index (χ1n) is 8.90. The standard InChI is InChI=1S/C21H26N2O.ClH/c22-20-9-5-4-8-18(20)12-15-21(24)23-19-13-10-17(11-14-19)16-6-2-1-3-7-16;/h1-9,17,19H,10-15,22H2,(H,23,24);1H. The number of carbonyl (C=O) groups excluding carboxylic acids is 1. The minimum Gasteiger partial charge on any atom is -0.399 e. The van der Waals surface area contributed by atoms with Crippen LogP contribution in [0.15, 0.2) is 54.6 Å². The lowest BCUT2D eigenvalue weighted by molar-refractivity contribution is -0.122. The topological polar surface area (TPSA) is 55.1 Å². The van der Waals surface area contributed by atoms with Gasteiger partial charge in [-0.2, -0.15) is 0 Å². The molecule has 0 unspecified atom stereocenters. The number of rotatable bonds is 5. The molecule has 0 atom stereocenters. The van der Waals surface area contributed by atoms with Gasteiger partial charge in [-0.15, -0.1) is 12.4 Å². The van der Waals surface area contributed by atoms with Crippen molar-refractivity contribution in [2.24, 2.45) is 0 Å². The lowest BCUT2D eigenvalue weighted by Crippen LogP contribution is -2.37. The highest BCUT2D eigenvalue weighted by atomic mass is 35.5. The van der Waals surface area contributed by atoms with Crippen molar-refractivity contribution in [2.45, 2.75) is 50.5 Å². The number of halogens is 1. The number of aryl methyl sites for hydroxylation is 1. The van der Waals surface area contributed by atoms with Gasteiger partial charge >= 0.3 is 0 Å². The fraction of sp³-hybridized carbons (Fsp3) is 0.381. The van der Waals surface area contributed by atoms with E-state index in [9.17, 15) is 4.79 Å². The second-order valence-electron chi connectivity index (χ2n) is 6.73. The van der Waals surface area contributed by atoms with Crippen LogP contribution >= 0.6 is 12.4 Å². The van der Waals surface area contributed by atoms with E-state index in [1.807, 2.05) is 24.3 Å². The van der Waals surface area contributed by atoms with Crippen LogP contribution in [0.1, 0.15) is 49.1 Å². The van der Waals surface area contributed by atoms with Crippen molar-refractivity contribution < 1.29 is 4.79 Å². The summed E-state index contributed by atoms with van der Waals surface area (Å²) in [6, 6.07) is 18.8. The monoisotopic (exact) mass is 358 g/mol. The Labute approximate surface area is 156 Å². The van der Waals surface area contributed by atoms with E-state index in [0.29, 0.717) is 24.8 Å². The zero-order valence-corrected chi connectivity index (χ0v) is 15.3. The summed E-state index contributed by atoms with van der Waals surface area (Å²) in [5.41, 5.74) is 9.19. The average molecular weight is 359 g/mol. The van der Waals surface area contributed by atoms with Crippen LogP contribution in [0, 0.1) is 0 Å². The molecule has 0 spiro atoms. The van der Waals surface area contributed by atoms with Gasteiger partial charge < -0.3 is 11.1 Å². The van der Waals surface area contributed by atoms with E-state index in [0.717, 1.165) is 36.9 Å². The molecular formula is C21H27ClN2O. The molecule has 2 aromatic carbocycles. The third-order valence-corrected chi connectivity index (χ3v) is 5.04. The van der Waals surface area contributed by atoms with Crippen LogP contribution in [0.25, 0.3) is 0 Å². The number of nitrogens with one attached hydrogen (secondary N) is 1. The Morgan fingerprint density at radius 3 is 2.28 bits per heavy atom. The van der Waals surface area contributed by atoms with Gasteiger partial charge in [0, 0.05) is 18.2 Å². The smallest absolute Gasteiger partial charge is 0.220 e. The van der Waals surface area contributed by atoms with Crippen LogP contribution in [0.4, 0.5) is 5.69 Å². The first kappa shape index (κ1) is 19.3. The molecule has 0 bridgehead atoms. The van der Waals surface area contributed by atoms with Gasteiger partial charge in [-0.3, -0.25) is 4.79 Å². The lowest BCUT2D eigenvalue weighted by Gasteiger charge is -2.29. The molecule has 3 N–H and O–H groups in total. The molecule has 134 valence electrons. The van der Waals surface area contributed by atoms with Crippen molar-refractivity contribution in [3.05, 3.63) is 65.7 Å². The summed E-state index contributed by atoms with van der Waals surface area (Å²) in [4.78, 5) is 12.2. The predicted octanol–water partition coefficient (Wildman–Crippen LogP) is 4.47. The molecule has 1 fully saturated rings. The summed E-state index contributed by atoms with van der Waals surface area (Å²) >= 11 is 0. The fourth-order valence-corrected chi connectivity index (χ4v) is 3.61. The minimum atomic E-state index is 0. The van der Waals surface area contributed by atoms with E-state index in [1.54, 1.807) is 0 Å². The van der Waals surface area contributed by atoms with E-state index in [4.69, 9.17) is 5.73 Å². The molecule has 0 aromatic heterocycles. The lowest BCUT2D eigenvalue weighted by atomic mass is 9.82. The summed E-state index contributed by atoms with van der Waals surface area (Å²) in [6.07, 6.45) is 5.66. The number of hydrogen-bond acceptors (Lipinski definition) is 2. The summed E-state index contributed by atoms with van der Waals surface area (Å²) in [5, 5.41) is 3.20. The van der Waals surface area contributed by atoms with Crippen molar-refractivity contribution in [1.29, 1.82) is 0 Å². The second kappa shape index (κ2) is 9.47. The van der Waals surface area contributed by atoms with E-state index in [2.05, 4.69) is 35.6 Å². The molecule has 1 aliphatic rings. The van der Waals surface area contributed by atoms with Crippen molar-refractivity contribution in [3.63, 3.8) is 0 Å². The number of nitrogen functional groups attached to an aromatic ring is 1. The highest BCUT2D eigenvalue weighted by Crippen LogP contribution is 2.32.